The number of nitrogens with one attached hydrogen (secondary N) is 2. The average Bonchev–Trinajstić information content (AvgIpc) is 3.07. The van der Waals surface area contributed by atoms with E-state index in [-0.39, 0.29) is 11.9 Å². The number of anilines is 1. The van der Waals surface area contributed by atoms with Crippen molar-refractivity contribution >= 4 is 40.1 Å². The summed E-state index contributed by atoms with van der Waals surface area (Å²) in [5, 5.41) is 7.60. The van der Waals surface area contributed by atoms with Crippen LogP contribution in [-0.2, 0) is 12.3 Å². The molecule has 2 aliphatic rings. The highest BCUT2D eigenvalue weighted by atomic mass is 32.2. The van der Waals surface area contributed by atoms with Gasteiger partial charge in [0.25, 0.3) is 5.91 Å². The van der Waals surface area contributed by atoms with E-state index in [0.29, 0.717) is 48.3 Å². The van der Waals surface area contributed by atoms with Gasteiger partial charge in [-0.2, -0.15) is 11.8 Å². The molecule has 2 N–H and O–H groups in total. The number of ether oxygens (including phenoxy) is 2. The first-order valence-electron chi connectivity index (χ1n) is 14.3. The van der Waals surface area contributed by atoms with Crippen LogP contribution < -0.4 is 20.1 Å². The second-order valence-electron chi connectivity index (χ2n) is 10.4. The van der Waals surface area contributed by atoms with Crippen LogP contribution in [0.5, 0.6) is 11.5 Å². The number of hydrogen-bond donors (Lipinski definition) is 2. The van der Waals surface area contributed by atoms with Crippen LogP contribution in [0.1, 0.15) is 21.5 Å². The Hall–Kier alpha value is -4.82. The van der Waals surface area contributed by atoms with Gasteiger partial charge in [0.05, 0.1) is 29.4 Å². The van der Waals surface area contributed by atoms with Gasteiger partial charge in [-0.3, -0.25) is 9.79 Å². The topological polar surface area (TPSA) is 84.8 Å². The molecule has 214 valence electrons. The summed E-state index contributed by atoms with van der Waals surface area (Å²) in [6.45, 7) is 1.60. The molecular formula is C35H30N4O3S. The maximum atomic E-state index is 14.1. The van der Waals surface area contributed by atoms with Crippen molar-refractivity contribution in [1.29, 1.82) is 0 Å². The van der Waals surface area contributed by atoms with Crippen LogP contribution in [0.25, 0.3) is 22.2 Å². The summed E-state index contributed by atoms with van der Waals surface area (Å²) in [6, 6.07) is 33.6. The second kappa shape index (κ2) is 12.2. The quantitative estimate of drug-likeness (QED) is 0.210. The van der Waals surface area contributed by atoms with Gasteiger partial charge in [-0.1, -0.05) is 66.7 Å². The standard InChI is InChI=1S/C35H30N4O3S/c40-35(27-19-30(37-29-13-7-5-11-26(27)29)24-14-15-32-33(18-24)42-17-16-41-32)39-31(22-43-21-23-8-2-1-3-9-23)34-36-20-25-10-4-6-12-28(25)38-34/h1-15,18-19,31H,16-17,20-22H2,(H,36,38)(H,39,40). The number of para-hydroxylation sites is 2. The lowest BCUT2D eigenvalue weighted by Gasteiger charge is -2.26. The van der Waals surface area contributed by atoms with Crippen LogP contribution >= 0.6 is 11.8 Å². The molecule has 0 radical (unpaired) electrons. The first-order valence-corrected chi connectivity index (χ1v) is 15.5. The Bertz CT molecular complexity index is 1830. The number of rotatable bonds is 8. The molecule has 0 bridgehead atoms. The third-order valence-corrected chi connectivity index (χ3v) is 8.64. The van der Waals surface area contributed by atoms with Crippen LogP contribution in [0.15, 0.2) is 108 Å². The van der Waals surface area contributed by atoms with Gasteiger partial charge in [-0.05, 0) is 47.5 Å². The number of amidine groups is 1. The molecule has 1 aromatic heterocycles. The lowest BCUT2D eigenvalue weighted by atomic mass is 10.0. The number of pyridine rings is 1. The molecule has 7 rings (SSSR count). The number of aromatic nitrogens is 1. The normalized spacial score (nSPS) is 14.3. The summed E-state index contributed by atoms with van der Waals surface area (Å²) in [5.41, 5.74) is 6.26. The number of aliphatic imine (C=N–C) groups is 1. The third kappa shape index (κ3) is 5.92. The second-order valence-corrected chi connectivity index (χ2v) is 11.5. The van der Waals surface area contributed by atoms with E-state index in [1.165, 1.54) is 5.56 Å². The van der Waals surface area contributed by atoms with Gasteiger partial charge >= 0.3 is 0 Å². The predicted octanol–water partition coefficient (Wildman–Crippen LogP) is 6.73. The Morgan fingerprint density at radius 1 is 0.884 bits per heavy atom. The van der Waals surface area contributed by atoms with Crippen molar-refractivity contribution in [3.8, 4) is 22.8 Å². The Balaban J connectivity index is 1.19. The summed E-state index contributed by atoms with van der Waals surface area (Å²) >= 11 is 1.77. The summed E-state index contributed by atoms with van der Waals surface area (Å²) in [7, 11) is 0. The van der Waals surface area contributed by atoms with Crippen LogP contribution in [0.3, 0.4) is 0 Å². The Labute approximate surface area is 254 Å². The van der Waals surface area contributed by atoms with Gasteiger partial charge in [0, 0.05) is 28.1 Å². The molecule has 1 atom stereocenters. The number of hydrogen-bond acceptors (Lipinski definition) is 7. The van der Waals surface area contributed by atoms with Crippen LogP contribution in [0.2, 0.25) is 0 Å². The van der Waals surface area contributed by atoms with E-state index in [4.69, 9.17) is 19.5 Å². The monoisotopic (exact) mass is 586 g/mol. The van der Waals surface area contributed by atoms with Crippen molar-refractivity contribution in [3.63, 3.8) is 0 Å². The predicted molar refractivity (Wildman–Crippen MR) is 173 cm³/mol. The van der Waals surface area contributed by atoms with Gasteiger partial charge in [0.15, 0.2) is 11.5 Å². The van der Waals surface area contributed by atoms with Crippen LogP contribution in [0, 0.1) is 0 Å². The molecule has 0 saturated carbocycles. The van der Waals surface area contributed by atoms with Gasteiger partial charge < -0.3 is 20.1 Å². The van der Waals surface area contributed by atoms with Crippen molar-refractivity contribution in [2.75, 3.05) is 24.3 Å². The molecule has 0 spiro atoms. The first kappa shape index (κ1) is 27.0. The molecule has 0 fully saturated rings. The van der Waals surface area contributed by atoms with Gasteiger partial charge in [-0.15, -0.1) is 0 Å². The van der Waals surface area contributed by atoms with Crippen LogP contribution in [0.4, 0.5) is 5.69 Å². The van der Waals surface area contributed by atoms with Crippen molar-refractivity contribution in [2.24, 2.45) is 4.99 Å². The Kier molecular flexibility index (Phi) is 7.67. The highest BCUT2D eigenvalue weighted by molar-refractivity contribution is 7.98. The molecule has 43 heavy (non-hydrogen) atoms. The molecule has 3 heterocycles. The Morgan fingerprint density at radius 3 is 2.58 bits per heavy atom. The maximum Gasteiger partial charge on any atom is 0.252 e. The minimum atomic E-state index is -0.320. The number of benzene rings is 4. The van der Waals surface area contributed by atoms with Gasteiger partial charge in [0.2, 0.25) is 0 Å². The van der Waals surface area contributed by atoms with E-state index in [1.54, 1.807) is 11.8 Å². The number of fused-ring (bicyclic) bond motifs is 3. The van der Waals surface area contributed by atoms with Crippen LogP contribution in [-0.4, -0.2) is 41.7 Å². The molecule has 8 heteroatoms. The fourth-order valence-electron chi connectivity index (χ4n) is 5.33. The lowest BCUT2D eigenvalue weighted by molar-refractivity contribution is 0.0951. The number of thioether (sulfide) groups is 1. The van der Waals surface area contributed by atoms with E-state index < -0.39 is 0 Å². The number of nitrogens with zero attached hydrogens (tertiary/aromatic N) is 2. The zero-order chi connectivity index (χ0) is 29.0. The van der Waals surface area contributed by atoms with Gasteiger partial charge in [-0.25, -0.2) is 4.98 Å². The minimum Gasteiger partial charge on any atom is -0.486 e. The summed E-state index contributed by atoms with van der Waals surface area (Å²) in [4.78, 5) is 23.9. The highest BCUT2D eigenvalue weighted by Gasteiger charge is 2.25. The summed E-state index contributed by atoms with van der Waals surface area (Å²) in [6.07, 6.45) is 0. The molecule has 1 unspecified atom stereocenters. The fourth-order valence-corrected chi connectivity index (χ4v) is 6.36. The van der Waals surface area contributed by atoms with E-state index in [9.17, 15) is 4.79 Å². The van der Waals surface area contributed by atoms with Crippen molar-refractivity contribution in [1.82, 2.24) is 10.3 Å². The Morgan fingerprint density at radius 2 is 1.67 bits per heavy atom. The number of carbonyl (C=O) groups excluding carboxylic acids is 1. The average molecular weight is 587 g/mol. The summed E-state index contributed by atoms with van der Waals surface area (Å²) < 4.78 is 11.5. The van der Waals surface area contributed by atoms with Crippen molar-refractivity contribution < 1.29 is 14.3 Å². The number of carbonyl (C=O) groups is 1. The molecule has 1 amide bonds. The molecule has 2 aliphatic heterocycles. The van der Waals surface area contributed by atoms with E-state index in [2.05, 4.69) is 34.9 Å². The molecular weight excluding hydrogens is 556 g/mol. The SMILES string of the molecule is O=C(NC(CSCc1ccccc1)C1=NCc2ccccc2N1)c1cc(-c2ccc3c(c2)OCCO3)nc2ccccc12. The largest absolute Gasteiger partial charge is 0.486 e. The van der Waals surface area contributed by atoms with E-state index in [1.807, 2.05) is 78.9 Å². The highest BCUT2D eigenvalue weighted by Crippen LogP contribution is 2.35. The molecule has 5 aromatic rings. The third-order valence-electron chi connectivity index (χ3n) is 7.53. The van der Waals surface area contributed by atoms with Gasteiger partial charge in [0.1, 0.15) is 19.0 Å². The molecule has 0 aliphatic carbocycles. The van der Waals surface area contributed by atoms with Crippen molar-refractivity contribution in [2.45, 2.75) is 18.3 Å². The number of amides is 1. The smallest absolute Gasteiger partial charge is 0.252 e. The molecule has 4 aromatic carbocycles. The zero-order valence-electron chi connectivity index (χ0n) is 23.5. The van der Waals surface area contributed by atoms with E-state index >= 15 is 0 Å². The summed E-state index contributed by atoms with van der Waals surface area (Å²) in [5.74, 6) is 3.48. The first-order chi connectivity index (χ1) is 21.2. The lowest BCUT2D eigenvalue weighted by Crippen LogP contribution is -2.46. The van der Waals surface area contributed by atoms with Crippen molar-refractivity contribution in [3.05, 3.63) is 120 Å². The van der Waals surface area contributed by atoms with E-state index in [0.717, 1.165) is 39.3 Å². The maximum absolute atomic E-state index is 14.1. The zero-order valence-corrected chi connectivity index (χ0v) is 24.3. The molecule has 0 saturated heterocycles. The fraction of sp³-hybridized carbons (Fsp3) is 0.171. The minimum absolute atomic E-state index is 0.175. The molecule has 7 nitrogen and oxygen atoms in total.